The number of fused-ring (bicyclic) bond motifs is 1. The summed E-state index contributed by atoms with van der Waals surface area (Å²) < 4.78 is 70.2. The van der Waals surface area contributed by atoms with Gasteiger partial charge < -0.3 is 9.88 Å². The average molecular weight is 438 g/mol. The van der Waals surface area contributed by atoms with Crippen molar-refractivity contribution in [1.82, 2.24) is 14.5 Å². The number of hydrogen-bond donors (Lipinski definition) is 1. The molecule has 0 radical (unpaired) electrons. The van der Waals surface area contributed by atoms with E-state index in [9.17, 15) is 26.7 Å². The summed E-state index contributed by atoms with van der Waals surface area (Å²) >= 11 is 0. The topological polar surface area (TPSA) is 59.8 Å². The molecule has 0 aliphatic heterocycles. The highest BCUT2D eigenvalue weighted by Gasteiger charge is 2.53. The van der Waals surface area contributed by atoms with Crippen molar-refractivity contribution in [3.63, 3.8) is 0 Å². The third kappa shape index (κ3) is 3.64. The SMILES string of the molecule is C[C@@H](Nc1ncnc2cc(=O)n(C3(C(F)F)CC3)cc12)c1cccc(C(C)(F)F)c1F. The lowest BCUT2D eigenvalue weighted by molar-refractivity contribution is 0.0136. The van der Waals surface area contributed by atoms with Crippen LogP contribution in [-0.4, -0.2) is 21.0 Å². The number of alkyl halides is 4. The smallest absolute Gasteiger partial charge is 0.273 e. The summed E-state index contributed by atoms with van der Waals surface area (Å²) in [5, 5.41) is 3.22. The molecule has 31 heavy (non-hydrogen) atoms. The fourth-order valence-electron chi connectivity index (χ4n) is 3.69. The Morgan fingerprint density at radius 1 is 1.23 bits per heavy atom. The third-order valence-electron chi connectivity index (χ3n) is 5.64. The number of halogens is 5. The Balaban J connectivity index is 1.75. The summed E-state index contributed by atoms with van der Waals surface area (Å²) in [5.41, 5.74) is -2.66. The number of hydrogen-bond acceptors (Lipinski definition) is 4. The van der Waals surface area contributed by atoms with Crippen molar-refractivity contribution in [3.8, 4) is 0 Å². The zero-order chi connectivity index (χ0) is 22.6. The van der Waals surface area contributed by atoms with Gasteiger partial charge in [-0.3, -0.25) is 4.79 Å². The van der Waals surface area contributed by atoms with Gasteiger partial charge in [0.2, 0.25) is 0 Å². The molecule has 1 aliphatic rings. The minimum Gasteiger partial charge on any atom is -0.363 e. The zero-order valence-electron chi connectivity index (χ0n) is 16.7. The van der Waals surface area contributed by atoms with Gasteiger partial charge in [-0.15, -0.1) is 0 Å². The first-order valence-corrected chi connectivity index (χ1v) is 9.64. The molecular weight excluding hydrogens is 419 g/mol. The molecule has 0 saturated heterocycles. The first-order valence-electron chi connectivity index (χ1n) is 9.64. The van der Waals surface area contributed by atoms with Crippen molar-refractivity contribution < 1.29 is 22.0 Å². The number of aromatic nitrogens is 3. The molecule has 1 atom stereocenters. The Morgan fingerprint density at radius 3 is 2.55 bits per heavy atom. The first-order chi connectivity index (χ1) is 14.5. The highest BCUT2D eigenvalue weighted by molar-refractivity contribution is 5.88. The normalized spacial score (nSPS) is 16.5. The van der Waals surface area contributed by atoms with E-state index in [1.165, 1.54) is 24.7 Å². The second-order valence-corrected chi connectivity index (χ2v) is 7.87. The van der Waals surface area contributed by atoms with Crippen LogP contribution in [-0.2, 0) is 11.5 Å². The molecular formula is C21H19F5N4O. The maximum atomic E-state index is 14.7. The zero-order valence-corrected chi connectivity index (χ0v) is 16.7. The van der Waals surface area contributed by atoms with Gasteiger partial charge in [-0.2, -0.15) is 0 Å². The molecule has 1 N–H and O–H groups in total. The molecule has 3 aromatic rings. The minimum atomic E-state index is -3.36. The maximum absolute atomic E-state index is 14.7. The summed E-state index contributed by atoms with van der Waals surface area (Å²) in [6.07, 6.45) is 0.0841. The monoisotopic (exact) mass is 438 g/mol. The van der Waals surface area contributed by atoms with E-state index in [2.05, 4.69) is 15.3 Å². The molecule has 10 heteroatoms. The van der Waals surface area contributed by atoms with Crippen molar-refractivity contribution in [1.29, 1.82) is 0 Å². The summed E-state index contributed by atoms with van der Waals surface area (Å²) in [6.45, 7) is 2.17. The van der Waals surface area contributed by atoms with Crippen molar-refractivity contribution in [2.24, 2.45) is 0 Å². The molecule has 1 fully saturated rings. The van der Waals surface area contributed by atoms with E-state index >= 15 is 0 Å². The molecule has 1 aromatic carbocycles. The number of anilines is 1. The van der Waals surface area contributed by atoms with Gasteiger partial charge in [-0.05, 0) is 19.8 Å². The molecule has 0 amide bonds. The second kappa shape index (κ2) is 7.28. The fraction of sp³-hybridized carbons (Fsp3) is 0.381. The van der Waals surface area contributed by atoms with E-state index in [1.54, 1.807) is 6.92 Å². The molecule has 5 nitrogen and oxygen atoms in total. The second-order valence-electron chi connectivity index (χ2n) is 7.87. The van der Waals surface area contributed by atoms with Crippen LogP contribution >= 0.6 is 0 Å². The molecule has 1 aliphatic carbocycles. The summed E-state index contributed by atoms with van der Waals surface area (Å²) in [7, 11) is 0. The van der Waals surface area contributed by atoms with Gasteiger partial charge in [-0.1, -0.05) is 18.2 Å². The Labute approximate surface area is 173 Å². The van der Waals surface area contributed by atoms with Crippen LogP contribution in [0.3, 0.4) is 0 Å². The van der Waals surface area contributed by atoms with Crippen molar-refractivity contribution in [2.75, 3.05) is 5.32 Å². The Hall–Kier alpha value is -3.04. The van der Waals surface area contributed by atoms with Crippen LogP contribution < -0.4 is 10.9 Å². The lowest BCUT2D eigenvalue weighted by Gasteiger charge is -2.21. The van der Waals surface area contributed by atoms with Crippen LogP contribution in [0, 0.1) is 5.82 Å². The van der Waals surface area contributed by atoms with E-state index in [0.717, 1.165) is 16.7 Å². The van der Waals surface area contributed by atoms with Crippen LogP contribution in [0.15, 0.2) is 41.6 Å². The Kier molecular flexibility index (Phi) is 4.98. The lowest BCUT2D eigenvalue weighted by atomic mass is 10.0. The minimum absolute atomic E-state index is 0.00893. The number of pyridine rings is 1. The van der Waals surface area contributed by atoms with E-state index < -0.39 is 40.9 Å². The van der Waals surface area contributed by atoms with Crippen LogP contribution in [0.25, 0.3) is 10.9 Å². The Bertz CT molecular complexity index is 1200. The Morgan fingerprint density at radius 2 is 1.94 bits per heavy atom. The van der Waals surface area contributed by atoms with E-state index in [1.807, 2.05) is 0 Å². The van der Waals surface area contributed by atoms with E-state index in [-0.39, 0.29) is 29.7 Å². The van der Waals surface area contributed by atoms with Crippen molar-refractivity contribution >= 4 is 16.7 Å². The first kappa shape index (κ1) is 21.2. The third-order valence-corrected chi connectivity index (χ3v) is 5.64. The van der Waals surface area contributed by atoms with E-state index in [4.69, 9.17) is 0 Å². The van der Waals surface area contributed by atoms with Gasteiger partial charge in [0.1, 0.15) is 23.5 Å². The quantitative estimate of drug-likeness (QED) is 0.552. The average Bonchev–Trinajstić information content (AvgIpc) is 3.49. The van der Waals surface area contributed by atoms with Gasteiger partial charge in [0, 0.05) is 24.8 Å². The van der Waals surface area contributed by atoms with Gasteiger partial charge >= 0.3 is 0 Å². The largest absolute Gasteiger partial charge is 0.363 e. The highest BCUT2D eigenvalue weighted by Crippen LogP contribution is 2.48. The molecule has 2 aromatic heterocycles. The molecule has 0 spiro atoms. The lowest BCUT2D eigenvalue weighted by Crippen LogP contribution is -2.35. The van der Waals surface area contributed by atoms with Gasteiger partial charge in [0.15, 0.2) is 0 Å². The fourth-order valence-corrected chi connectivity index (χ4v) is 3.69. The van der Waals surface area contributed by atoms with Crippen LogP contribution in [0.5, 0.6) is 0 Å². The molecule has 4 rings (SSSR count). The molecule has 164 valence electrons. The van der Waals surface area contributed by atoms with Gasteiger partial charge in [0.05, 0.1) is 22.5 Å². The highest BCUT2D eigenvalue weighted by atomic mass is 19.3. The molecule has 1 saturated carbocycles. The van der Waals surface area contributed by atoms with E-state index in [0.29, 0.717) is 12.3 Å². The van der Waals surface area contributed by atoms with Crippen molar-refractivity contribution in [2.45, 2.75) is 50.6 Å². The van der Waals surface area contributed by atoms with Gasteiger partial charge in [0.25, 0.3) is 17.9 Å². The predicted molar refractivity (Wildman–Crippen MR) is 105 cm³/mol. The number of rotatable bonds is 6. The van der Waals surface area contributed by atoms with Crippen LogP contribution in [0.2, 0.25) is 0 Å². The number of nitrogens with zero attached hydrogens (tertiary/aromatic N) is 3. The van der Waals surface area contributed by atoms with Crippen LogP contribution in [0.4, 0.5) is 27.8 Å². The van der Waals surface area contributed by atoms with Crippen LogP contribution in [0.1, 0.15) is 43.9 Å². The maximum Gasteiger partial charge on any atom is 0.273 e. The summed E-state index contributed by atoms with van der Waals surface area (Å²) in [5.74, 6) is -4.23. The van der Waals surface area contributed by atoms with Gasteiger partial charge in [-0.25, -0.2) is 31.9 Å². The predicted octanol–water partition coefficient (Wildman–Crippen LogP) is 4.97. The summed E-state index contributed by atoms with van der Waals surface area (Å²) in [6, 6.07) is 4.08. The number of nitrogens with one attached hydrogen (secondary N) is 1. The van der Waals surface area contributed by atoms with Crippen molar-refractivity contribution in [3.05, 3.63) is 64.1 Å². The molecule has 2 heterocycles. The number of benzene rings is 1. The molecule has 0 unspecified atom stereocenters. The standard InChI is InChI=1S/C21H19F5N4O/c1-11(12-4-3-5-14(17(12)22)20(2,25)26)29-18-13-9-30(21(6-7-21)19(23)24)16(31)8-15(13)27-10-28-18/h3-5,8-11,19H,6-7H2,1-2H3,(H,27,28,29)/t11-/m1/s1. The summed E-state index contributed by atoms with van der Waals surface area (Å²) in [4.78, 5) is 20.5. The molecule has 0 bridgehead atoms.